The number of hydrogen-bond donors (Lipinski definition) is 0. The average molecular weight is 457 g/mol. The standard InChI is InChI=1S/C24H28N4OS.ClH/c29-24-20-9-3-2-8-19(20)18-28(24)13-7-1-6-12-26-14-16-27(17-15-26)23-21-10-4-5-11-22(21)30-25-23;/h2-5,8-11H,1,6-7,12-18H2;1H. The van der Waals surface area contributed by atoms with Gasteiger partial charge in [-0.15, -0.1) is 12.4 Å². The molecule has 2 aromatic carbocycles. The molecule has 164 valence electrons. The molecule has 3 heterocycles. The normalized spacial score (nSPS) is 16.6. The van der Waals surface area contributed by atoms with E-state index in [-0.39, 0.29) is 18.3 Å². The maximum atomic E-state index is 12.4. The van der Waals surface area contributed by atoms with Crippen LogP contribution in [0.2, 0.25) is 0 Å². The highest BCUT2D eigenvalue weighted by Crippen LogP contribution is 2.30. The Bertz CT molecular complexity index is 1030. The number of amides is 1. The smallest absolute Gasteiger partial charge is 0.254 e. The summed E-state index contributed by atoms with van der Waals surface area (Å²) >= 11 is 1.60. The second kappa shape index (κ2) is 9.98. The minimum atomic E-state index is 0. The first-order valence-electron chi connectivity index (χ1n) is 11.0. The van der Waals surface area contributed by atoms with Gasteiger partial charge in [-0.1, -0.05) is 36.8 Å². The number of nitrogens with zero attached hydrogens (tertiary/aromatic N) is 4. The summed E-state index contributed by atoms with van der Waals surface area (Å²) in [6.45, 7) is 7.11. The molecule has 0 aliphatic carbocycles. The molecule has 0 N–H and O–H groups in total. The number of hydrogen-bond acceptors (Lipinski definition) is 5. The van der Waals surface area contributed by atoms with E-state index >= 15 is 0 Å². The van der Waals surface area contributed by atoms with Crippen molar-refractivity contribution >= 4 is 45.8 Å². The Hall–Kier alpha value is -2.15. The summed E-state index contributed by atoms with van der Waals surface area (Å²) < 4.78 is 5.98. The zero-order valence-electron chi connectivity index (χ0n) is 17.7. The fourth-order valence-corrected chi connectivity index (χ4v) is 5.39. The summed E-state index contributed by atoms with van der Waals surface area (Å²) in [7, 11) is 0. The van der Waals surface area contributed by atoms with Gasteiger partial charge in [0.25, 0.3) is 5.91 Å². The number of fused-ring (bicyclic) bond motifs is 2. The van der Waals surface area contributed by atoms with E-state index in [0.717, 1.165) is 63.6 Å². The molecule has 0 spiro atoms. The van der Waals surface area contributed by atoms with E-state index in [9.17, 15) is 4.79 Å². The molecule has 7 heteroatoms. The maximum Gasteiger partial charge on any atom is 0.254 e. The van der Waals surface area contributed by atoms with Crippen molar-refractivity contribution in [1.82, 2.24) is 14.2 Å². The molecule has 1 fully saturated rings. The number of carbonyl (C=O) groups excluding carboxylic acids is 1. The summed E-state index contributed by atoms with van der Waals surface area (Å²) in [5, 5.41) is 1.29. The third kappa shape index (κ3) is 4.71. The second-order valence-corrected chi connectivity index (χ2v) is 9.08. The van der Waals surface area contributed by atoms with Crippen molar-refractivity contribution in [2.24, 2.45) is 0 Å². The molecular formula is C24H29ClN4OS. The third-order valence-corrected chi connectivity index (χ3v) is 7.15. The lowest BCUT2D eigenvalue weighted by atomic mass is 10.1. The van der Waals surface area contributed by atoms with Gasteiger partial charge in [0.2, 0.25) is 0 Å². The molecule has 0 saturated carbocycles. The van der Waals surface area contributed by atoms with E-state index in [1.807, 2.05) is 23.1 Å². The molecule has 31 heavy (non-hydrogen) atoms. The van der Waals surface area contributed by atoms with E-state index < -0.39 is 0 Å². The molecule has 5 nitrogen and oxygen atoms in total. The van der Waals surface area contributed by atoms with E-state index in [4.69, 9.17) is 4.37 Å². The van der Waals surface area contributed by atoms with E-state index in [1.165, 1.54) is 28.5 Å². The Morgan fingerprint density at radius 1 is 0.871 bits per heavy atom. The molecule has 1 saturated heterocycles. The fraction of sp³-hybridized carbons (Fsp3) is 0.417. The van der Waals surface area contributed by atoms with Crippen LogP contribution in [0.4, 0.5) is 5.82 Å². The molecule has 0 radical (unpaired) electrons. The number of rotatable bonds is 7. The highest BCUT2D eigenvalue weighted by molar-refractivity contribution is 7.13. The van der Waals surface area contributed by atoms with Crippen LogP contribution in [0.5, 0.6) is 0 Å². The van der Waals surface area contributed by atoms with E-state index in [0.29, 0.717) is 0 Å². The van der Waals surface area contributed by atoms with E-state index in [2.05, 4.69) is 40.1 Å². The third-order valence-electron chi connectivity index (χ3n) is 6.33. The first kappa shape index (κ1) is 22.1. The molecule has 1 aromatic heterocycles. The number of carbonyl (C=O) groups is 1. The predicted octanol–water partition coefficient (Wildman–Crippen LogP) is 4.67. The van der Waals surface area contributed by atoms with Crippen molar-refractivity contribution in [3.8, 4) is 0 Å². The van der Waals surface area contributed by atoms with Crippen molar-refractivity contribution in [1.29, 1.82) is 0 Å². The van der Waals surface area contributed by atoms with E-state index in [1.54, 1.807) is 11.5 Å². The van der Waals surface area contributed by atoms with Crippen LogP contribution in [-0.2, 0) is 6.54 Å². The number of anilines is 1. The zero-order chi connectivity index (χ0) is 20.3. The zero-order valence-corrected chi connectivity index (χ0v) is 19.3. The van der Waals surface area contributed by atoms with Crippen molar-refractivity contribution in [3.63, 3.8) is 0 Å². The summed E-state index contributed by atoms with van der Waals surface area (Å²) in [5.41, 5.74) is 2.07. The Labute approximate surface area is 194 Å². The van der Waals surface area contributed by atoms with Gasteiger partial charge < -0.3 is 9.80 Å². The van der Waals surface area contributed by atoms with Gasteiger partial charge in [-0.25, -0.2) is 0 Å². The molecule has 0 atom stereocenters. The van der Waals surface area contributed by atoms with Gasteiger partial charge in [-0.2, -0.15) is 4.37 Å². The Kier molecular flexibility index (Phi) is 7.10. The van der Waals surface area contributed by atoms with Gasteiger partial charge >= 0.3 is 0 Å². The van der Waals surface area contributed by atoms with Crippen molar-refractivity contribution in [2.75, 3.05) is 44.2 Å². The van der Waals surface area contributed by atoms with Crippen molar-refractivity contribution < 1.29 is 4.79 Å². The predicted molar refractivity (Wildman–Crippen MR) is 131 cm³/mol. The second-order valence-electron chi connectivity index (χ2n) is 8.28. The number of aromatic nitrogens is 1. The van der Waals surface area contributed by atoms with Crippen LogP contribution >= 0.6 is 23.9 Å². The summed E-state index contributed by atoms with van der Waals surface area (Å²) in [5.74, 6) is 1.36. The molecule has 0 bridgehead atoms. The van der Waals surface area contributed by atoms with Crippen LogP contribution in [0.3, 0.4) is 0 Å². The first-order chi connectivity index (χ1) is 14.8. The highest BCUT2D eigenvalue weighted by Gasteiger charge is 2.26. The Morgan fingerprint density at radius 3 is 2.45 bits per heavy atom. The van der Waals surface area contributed by atoms with Gasteiger partial charge in [0.05, 0.1) is 4.70 Å². The van der Waals surface area contributed by atoms with Crippen molar-refractivity contribution in [3.05, 3.63) is 59.7 Å². The van der Waals surface area contributed by atoms with Crippen LogP contribution in [0.15, 0.2) is 48.5 Å². The lowest BCUT2D eigenvalue weighted by Gasteiger charge is -2.35. The quantitative estimate of drug-likeness (QED) is 0.484. The monoisotopic (exact) mass is 456 g/mol. The lowest BCUT2D eigenvalue weighted by molar-refractivity contribution is 0.0775. The molecular weight excluding hydrogens is 428 g/mol. The van der Waals surface area contributed by atoms with Crippen LogP contribution in [0.1, 0.15) is 35.2 Å². The minimum Gasteiger partial charge on any atom is -0.353 e. The van der Waals surface area contributed by atoms with Gasteiger partial charge in [-0.05, 0) is 54.7 Å². The number of unbranched alkanes of at least 4 members (excludes halogenated alkanes) is 2. The Balaban J connectivity index is 0.00000231. The summed E-state index contributed by atoms with van der Waals surface area (Å²) in [6.07, 6.45) is 3.47. The van der Waals surface area contributed by atoms with Crippen LogP contribution in [-0.4, -0.2) is 59.3 Å². The van der Waals surface area contributed by atoms with Gasteiger partial charge in [-0.3, -0.25) is 9.69 Å². The molecule has 0 unspecified atom stereocenters. The number of piperazine rings is 1. The fourth-order valence-electron chi connectivity index (χ4n) is 4.59. The molecule has 1 amide bonds. The summed E-state index contributed by atoms with van der Waals surface area (Å²) in [4.78, 5) is 19.4. The first-order valence-corrected chi connectivity index (χ1v) is 11.8. The lowest BCUT2D eigenvalue weighted by Crippen LogP contribution is -2.46. The molecule has 5 rings (SSSR count). The van der Waals surface area contributed by atoms with Crippen LogP contribution in [0, 0.1) is 0 Å². The van der Waals surface area contributed by atoms with Crippen LogP contribution in [0.25, 0.3) is 10.1 Å². The average Bonchev–Trinajstić information content (AvgIpc) is 3.36. The van der Waals surface area contributed by atoms with Gasteiger partial charge in [0.15, 0.2) is 0 Å². The SMILES string of the molecule is Cl.O=C1c2ccccc2CN1CCCCCN1CCN(c2nsc3ccccc23)CC1. The Morgan fingerprint density at radius 2 is 1.61 bits per heavy atom. The number of halogens is 1. The van der Waals surface area contributed by atoms with Crippen molar-refractivity contribution in [2.45, 2.75) is 25.8 Å². The van der Waals surface area contributed by atoms with Gasteiger partial charge in [0, 0.05) is 50.2 Å². The molecule has 2 aliphatic heterocycles. The molecule has 3 aromatic rings. The minimum absolute atomic E-state index is 0. The van der Waals surface area contributed by atoms with Gasteiger partial charge in [0.1, 0.15) is 5.82 Å². The topological polar surface area (TPSA) is 39.7 Å². The molecule has 2 aliphatic rings. The maximum absolute atomic E-state index is 12.4. The largest absolute Gasteiger partial charge is 0.353 e. The number of benzene rings is 2. The summed E-state index contributed by atoms with van der Waals surface area (Å²) in [6, 6.07) is 16.5. The van der Waals surface area contributed by atoms with Crippen LogP contribution < -0.4 is 4.90 Å². The highest BCUT2D eigenvalue weighted by atomic mass is 35.5.